The predicted octanol–water partition coefficient (Wildman–Crippen LogP) is 2.02. The van der Waals surface area contributed by atoms with Gasteiger partial charge >= 0.3 is 0 Å². The van der Waals surface area contributed by atoms with Crippen LogP contribution in [0.1, 0.15) is 25.0 Å². The summed E-state index contributed by atoms with van der Waals surface area (Å²) in [6.07, 6.45) is 3.98. The Morgan fingerprint density at radius 2 is 2.33 bits per heavy atom. The lowest BCUT2D eigenvalue weighted by Gasteiger charge is -2.22. The third kappa shape index (κ3) is 3.47. The molecule has 1 saturated heterocycles. The first-order valence-electron chi connectivity index (χ1n) is 5.51. The molecule has 0 radical (unpaired) electrons. The molecule has 1 fully saturated rings. The Bertz CT molecular complexity index is 293. The largest absolute Gasteiger partial charge is 0.313 e. The van der Waals surface area contributed by atoms with Crippen LogP contribution >= 0.6 is 11.8 Å². The first-order chi connectivity index (χ1) is 7.34. The molecule has 2 rings (SSSR count). The predicted molar refractivity (Wildman–Crippen MR) is 63.1 cm³/mol. The summed E-state index contributed by atoms with van der Waals surface area (Å²) in [6, 6.07) is 4.73. The van der Waals surface area contributed by atoms with E-state index in [-0.39, 0.29) is 0 Å². The Morgan fingerprint density at radius 3 is 3.00 bits per heavy atom. The zero-order valence-electron chi connectivity index (χ0n) is 9.07. The van der Waals surface area contributed by atoms with Gasteiger partial charge in [-0.1, -0.05) is 6.42 Å². The number of hydrogen-bond donors (Lipinski definition) is 1. The Kier molecular flexibility index (Phi) is 3.97. The number of aromatic nitrogens is 2. The number of thioether (sulfide) groups is 1. The number of aryl methyl sites for hydroxylation is 1. The summed E-state index contributed by atoms with van der Waals surface area (Å²) in [5.74, 6) is 1.11. The van der Waals surface area contributed by atoms with Gasteiger partial charge in [0.2, 0.25) is 0 Å². The van der Waals surface area contributed by atoms with Gasteiger partial charge in [0, 0.05) is 11.8 Å². The van der Waals surface area contributed by atoms with Gasteiger partial charge < -0.3 is 5.32 Å². The summed E-state index contributed by atoms with van der Waals surface area (Å²) >= 11 is 1.80. The summed E-state index contributed by atoms with van der Waals surface area (Å²) in [5, 5.41) is 12.8. The second-order valence-electron chi connectivity index (χ2n) is 3.97. The highest BCUT2D eigenvalue weighted by molar-refractivity contribution is 7.99. The second kappa shape index (κ2) is 5.47. The van der Waals surface area contributed by atoms with Crippen molar-refractivity contribution >= 4 is 11.8 Å². The fourth-order valence-corrected chi connectivity index (χ4v) is 2.64. The van der Waals surface area contributed by atoms with E-state index in [1.807, 2.05) is 13.0 Å². The van der Waals surface area contributed by atoms with E-state index in [1.54, 1.807) is 11.8 Å². The van der Waals surface area contributed by atoms with Crippen molar-refractivity contribution in [3.05, 3.63) is 17.8 Å². The SMILES string of the molecule is Cc1ccc(SCC2CCCCN2)nn1. The maximum absolute atomic E-state index is 4.15. The molecule has 0 aliphatic carbocycles. The zero-order chi connectivity index (χ0) is 10.5. The van der Waals surface area contributed by atoms with Gasteiger partial charge in [-0.25, -0.2) is 0 Å². The molecular weight excluding hydrogens is 206 g/mol. The van der Waals surface area contributed by atoms with E-state index in [4.69, 9.17) is 0 Å². The van der Waals surface area contributed by atoms with Crippen molar-refractivity contribution in [1.82, 2.24) is 15.5 Å². The monoisotopic (exact) mass is 223 g/mol. The highest BCUT2D eigenvalue weighted by Crippen LogP contribution is 2.18. The highest BCUT2D eigenvalue weighted by atomic mass is 32.2. The van der Waals surface area contributed by atoms with Crippen LogP contribution in [0.4, 0.5) is 0 Å². The van der Waals surface area contributed by atoms with Crippen LogP contribution in [0.3, 0.4) is 0 Å². The fraction of sp³-hybridized carbons (Fsp3) is 0.636. The molecule has 15 heavy (non-hydrogen) atoms. The van der Waals surface area contributed by atoms with Crippen molar-refractivity contribution in [3.8, 4) is 0 Å². The van der Waals surface area contributed by atoms with Gasteiger partial charge in [-0.15, -0.1) is 16.9 Å². The summed E-state index contributed by atoms with van der Waals surface area (Å²) in [6.45, 7) is 3.13. The van der Waals surface area contributed by atoms with Crippen LogP contribution in [0.2, 0.25) is 0 Å². The minimum Gasteiger partial charge on any atom is -0.313 e. The molecule has 4 heteroatoms. The van der Waals surface area contributed by atoms with Crippen LogP contribution in [-0.2, 0) is 0 Å². The Balaban J connectivity index is 1.79. The Hall–Kier alpha value is -0.610. The summed E-state index contributed by atoms with van der Waals surface area (Å²) in [7, 11) is 0. The first-order valence-corrected chi connectivity index (χ1v) is 6.50. The lowest BCUT2D eigenvalue weighted by atomic mass is 10.1. The van der Waals surface area contributed by atoms with Crippen LogP contribution < -0.4 is 5.32 Å². The van der Waals surface area contributed by atoms with Crippen LogP contribution in [0.5, 0.6) is 0 Å². The quantitative estimate of drug-likeness (QED) is 0.796. The molecule has 1 atom stereocenters. The van der Waals surface area contributed by atoms with Gasteiger partial charge in [0.15, 0.2) is 0 Å². The molecule has 0 bridgehead atoms. The highest BCUT2D eigenvalue weighted by Gasteiger charge is 2.12. The topological polar surface area (TPSA) is 37.8 Å². The van der Waals surface area contributed by atoms with Crippen molar-refractivity contribution in [2.45, 2.75) is 37.3 Å². The van der Waals surface area contributed by atoms with Crippen LogP contribution in [0.15, 0.2) is 17.2 Å². The molecule has 0 spiro atoms. The van der Waals surface area contributed by atoms with Crippen molar-refractivity contribution in [2.24, 2.45) is 0 Å². The maximum Gasteiger partial charge on any atom is 0.119 e. The molecule has 3 nitrogen and oxygen atoms in total. The van der Waals surface area contributed by atoms with Gasteiger partial charge in [0.05, 0.1) is 5.69 Å². The number of piperidine rings is 1. The number of hydrogen-bond acceptors (Lipinski definition) is 4. The van der Waals surface area contributed by atoms with Gasteiger partial charge in [0.25, 0.3) is 0 Å². The van der Waals surface area contributed by atoms with Crippen LogP contribution in [0.25, 0.3) is 0 Å². The van der Waals surface area contributed by atoms with E-state index < -0.39 is 0 Å². The minimum absolute atomic E-state index is 0.659. The molecule has 82 valence electrons. The average molecular weight is 223 g/mol. The fourth-order valence-electron chi connectivity index (χ4n) is 1.72. The van der Waals surface area contributed by atoms with Crippen molar-refractivity contribution in [2.75, 3.05) is 12.3 Å². The van der Waals surface area contributed by atoms with Crippen LogP contribution in [0, 0.1) is 6.92 Å². The molecule has 2 heterocycles. The van der Waals surface area contributed by atoms with E-state index in [0.717, 1.165) is 16.5 Å². The van der Waals surface area contributed by atoms with Gasteiger partial charge in [-0.3, -0.25) is 0 Å². The lowest BCUT2D eigenvalue weighted by molar-refractivity contribution is 0.430. The Morgan fingerprint density at radius 1 is 1.40 bits per heavy atom. The molecule has 1 aliphatic rings. The van der Waals surface area contributed by atoms with Crippen LogP contribution in [-0.4, -0.2) is 28.5 Å². The molecule has 1 N–H and O–H groups in total. The van der Waals surface area contributed by atoms with E-state index >= 15 is 0 Å². The molecule has 0 saturated carbocycles. The molecule has 1 unspecified atom stereocenters. The van der Waals surface area contributed by atoms with Crippen molar-refractivity contribution < 1.29 is 0 Å². The van der Waals surface area contributed by atoms with Gasteiger partial charge in [-0.05, 0) is 38.4 Å². The summed E-state index contributed by atoms with van der Waals surface area (Å²) in [4.78, 5) is 0. The first kappa shape index (κ1) is 10.9. The zero-order valence-corrected chi connectivity index (χ0v) is 9.89. The molecular formula is C11H17N3S. The minimum atomic E-state index is 0.659. The number of nitrogens with zero attached hydrogens (tertiary/aromatic N) is 2. The smallest absolute Gasteiger partial charge is 0.119 e. The lowest BCUT2D eigenvalue weighted by Crippen LogP contribution is -2.35. The third-order valence-corrected chi connectivity index (χ3v) is 3.70. The molecule has 1 aliphatic heterocycles. The Labute approximate surface area is 95.1 Å². The molecule has 0 amide bonds. The number of nitrogens with one attached hydrogen (secondary N) is 1. The van der Waals surface area contributed by atoms with E-state index in [2.05, 4.69) is 21.6 Å². The third-order valence-electron chi connectivity index (χ3n) is 2.62. The molecule has 0 aromatic carbocycles. The van der Waals surface area contributed by atoms with Gasteiger partial charge in [0.1, 0.15) is 5.03 Å². The van der Waals surface area contributed by atoms with Gasteiger partial charge in [-0.2, -0.15) is 5.10 Å². The van der Waals surface area contributed by atoms with E-state index in [0.29, 0.717) is 6.04 Å². The normalized spacial score (nSPS) is 21.5. The summed E-state index contributed by atoms with van der Waals surface area (Å²) in [5.41, 5.74) is 0.982. The average Bonchev–Trinajstić information content (AvgIpc) is 2.30. The van der Waals surface area contributed by atoms with E-state index in [1.165, 1.54) is 25.8 Å². The van der Waals surface area contributed by atoms with Crippen molar-refractivity contribution in [3.63, 3.8) is 0 Å². The van der Waals surface area contributed by atoms with Crippen molar-refractivity contribution in [1.29, 1.82) is 0 Å². The standard InChI is InChI=1S/C11H17N3S/c1-9-5-6-11(14-13-9)15-8-10-4-2-3-7-12-10/h5-6,10,12H,2-4,7-8H2,1H3. The maximum atomic E-state index is 4.15. The van der Waals surface area contributed by atoms with E-state index in [9.17, 15) is 0 Å². The molecule has 1 aromatic rings. The summed E-state index contributed by atoms with van der Waals surface area (Å²) < 4.78 is 0. The number of rotatable bonds is 3. The second-order valence-corrected chi connectivity index (χ2v) is 5.01. The molecule has 1 aromatic heterocycles.